The number of pyridine rings is 1. The van der Waals surface area contributed by atoms with Crippen molar-refractivity contribution in [3.05, 3.63) is 24.2 Å². The van der Waals surface area contributed by atoms with E-state index in [1.165, 1.54) is 19.0 Å². The molecule has 0 saturated carbocycles. The predicted molar refractivity (Wildman–Crippen MR) is 118 cm³/mol. The van der Waals surface area contributed by atoms with Crippen LogP contribution >= 0.6 is 0 Å². The van der Waals surface area contributed by atoms with Crippen LogP contribution < -0.4 is 20.0 Å². The molecule has 29 heavy (non-hydrogen) atoms. The SMILES string of the molecule is C=N/C=C(\N=C/C)NC(=O)N1c2nc(N3CCC(C)CC3)ccc2N2CC[C@H]1C2. The molecule has 0 spiro atoms. The van der Waals surface area contributed by atoms with Crippen LogP contribution in [0.25, 0.3) is 0 Å². The van der Waals surface area contributed by atoms with Gasteiger partial charge in [0.15, 0.2) is 11.6 Å². The van der Waals surface area contributed by atoms with Gasteiger partial charge in [-0.25, -0.2) is 14.8 Å². The van der Waals surface area contributed by atoms with Crippen LogP contribution in [0.15, 0.2) is 34.1 Å². The van der Waals surface area contributed by atoms with Crippen LogP contribution in [0.1, 0.15) is 33.1 Å². The van der Waals surface area contributed by atoms with Gasteiger partial charge in [-0.15, -0.1) is 0 Å². The van der Waals surface area contributed by atoms with E-state index < -0.39 is 0 Å². The van der Waals surface area contributed by atoms with E-state index >= 15 is 0 Å². The van der Waals surface area contributed by atoms with E-state index in [-0.39, 0.29) is 12.1 Å². The summed E-state index contributed by atoms with van der Waals surface area (Å²) in [6, 6.07) is 4.09. The molecular formula is C21H29N7O. The summed E-state index contributed by atoms with van der Waals surface area (Å²) in [5, 5.41) is 2.86. The average molecular weight is 396 g/mol. The third-order valence-corrected chi connectivity index (χ3v) is 5.98. The Labute approximate surface area is 172 Å². The summed E-state index contributed by atoms with van der Waals surface area (Å²) in [5.74, 6) is 2.82. The standard InChI is InChI=1S/C21H29N7O/c1-4-23-18(13-22-3)24-21(29)28-16-9-12-27(14-16)17-5-6-19(25-20(17)28)26-10-7-15(2)8-11-26/h4-6,13,15-16H,3,7-12,14H2,1-2H3,(H,24,29)/b18-13+,23-4-/t16-/m0/s1. The molecule has 8 heteroatoms. The molecule has 1 atom stereocenters. The molecule has 2 amide bonds. The Morgan fingerprint density at radius 1 is 1.24 bits per heavy atom. The number of piperidine rings is 1. The summed E-state index contributed by atoms with van der Waals surface area (Å²) in [6.07, 6.45) is 6.34. The Bertz CT molecular complexity index is 841. The molecule has 0 aliphatic carbocycles. The number of aliphatic imine (C=N–C) groups is 2. The van der Waals surface area contributed by atoms with Crippen molar-refractivity contribution in [2.24, 2.45) is 15.9 Å². The van der Waals surface area contributed by atoms with E-state index in [4.69, 9.17) is 4.98 Å². The Kier molecular flexibility index (Phi) is 5.51. The highest BCUT2D eigenvalue weighted by molar-refractivity contribution is 5.98. The van der Waals surface area contributed by atoms with E-state index in [2.05, 4.69) is 50.9 Å². The van der Waals surface area contributed by atoms with Crippen LogP contribution in [0.3, 0.4) is 0 Å². The number of nitrogens with zero attached hydrogens (tertiary/aromatic N) is 6. The maximum absolute atomic E-state index is 13.2. The first kappa shape index (κ1) is 19.4. The van der Waals surface area contributed by atoms with Crippen molar-refractivity contribution in [3.63, 3.8) is 0 Å². The zero-order chi connectivity index (χ0) is 20.4. The first-order chi connectivity index (χ1) is 14.1. The lowest BCUT2D eigenvalue weighted by Gasteiger charge is -2.37. The lowest BCUT2D eigenvalue weighted by molar-refractivity contribution is 0.246. The Hall–Kier alpha value is -2.90. The molecule has 2 bridgehead atoms. The second-order valence-corrected chi connectivity index (χ2v) is 7.95. The summed E-state index contributed by atoms with van der Waals surface area (Å²) in [6.45, 7) is 11.3. The third-order valence-electron chi connectivity index (χ3n) is 5.98. The molecule has 4 rings (SSSR count). The lowest BCUT2D eigenvalue weighted by atomic mass is 9.99. The smallest absolute Gasteiger partial charge is 0.329 e. The fourth-order valence-electron chi connectivity index (χ4n) is 4.37. The van der Waals surface area contributed by atoms with Crippen LogP contribution in [-0.4, -0.2) is 56.2 Å². The van der Waals surface area contributed by atoms with Gasteiger partial charge in [-0.05, 0) is 51.0 Å². The highest BCUT2D eigenvalue weighted by atomic mass is 16.2. The minimum atomic E-state index is -0.227. The van der Waals surface area contributed by atoms with Gasteiger partial charge in [-0.3, -0.25) is 15.2 Å². The van der Waals surface area contributed by atoms with Crippen LogP contribution in [0, 0.1) is 5.92 Å². The average Bonchev–Trinajstić information content (AvgIpc) is 3.13. The second kappa shape index (κ2) is 8.23. The molecule has 1 aromatic rings. The van der Waals surface area contributed by atoms with Crippen molar-refractivity contribution >= 4 is 36.3 Å². The summed E-state index contributed by atoms with van der Waals surface area (Å²) < 4.78 is 0. The highest BCUT2D eigenvalue weighted by Gasteiger charge is 2.40. The molecule has 8 nitrogen and oxygen atoms in total. The van der Waals surface area contributed by atoms with Gasteiger partial charge in [0.1, 0.15) is 5.82 Å². The number of hydrogen-bond donors (Lipinski definition) is 1. The van der Waals surface area contributed by atoms with Crippen LogP contribution in [-0.2, 0) is 0 Å². The highest BCUT2D eigenvalue weighted by Crippen LogP contribution is 2.40. The normalized spacial score (nSPS) is 22.2. The van der Waals surface area contributed by atoms with Crippen molar-refractivity contribution in [1.82, 2.24) is 10.3 Å². The van der Waals surface area contributed by atoms with Crippen LogP contribution in [0.4, 0.5) is 22.1 Å². The number of hydrogen-bond acceptors (Lipinski definition) is 6. The molecule has 1 N–H and O–H groups in total. The maximum atomic E-state index is 13.2. The first-order valence-electron chi connectivity index (χ1n) is 10.4. The fraction of sp³-hybridized carbons (Fsp3) is 0.524. The Morgan fingerprint density at radius 2 is 2.00 bits per heavy atom. The molecule has 0 radical (unpaired) electrons. The number of urea groups is 1. The van der Waals surface area contributed by atoms with E-state index in [1.54, 1.807) is 18.0 Å². The van der Waals surface area contributed by atoms with Crippen molar-refractivity contribution in [2.75, 3.05) is 40.9 Å². The summed E-state index contributed by atoms with van der Waals surface area (Å²) >= 11 is 0. The van der Waals surface area contributed by atoms with Crippen molar-refractivity contribution < 1.29 is 4.79 Å². The summed E-state index contributed by atoms with van der Waals surface area (Å²) in [4.78, 5) is 32.5. The molecule has 3 aliphatic rings. The fourth-order valence-corrected chi connectivity index (χ4v) is 4.37. The van der Waals surface area contributed by atoms with E-state index in [1.807, 2.05) is 0 Å². The molecule has 4 heterocycles. The maximum Gasteiger partial charge on any atom is 0.329 e. The molecule has 2 fully saturated rings. The molecule has 3 aliphatic heterocycles. The van der Waals surface area contributed by atoms with Gasteiger partial charge < -0.3 is 9.80 Å². The Balaban J connectivity index is 1.64. The first-order valence-corrected chi connectivity index (χ1v) is 10.4. The topological polar surface area (TPSA) is 76.4 Å². The van der Waals surface area contributed by atoms with Gasteiger partial charge in [-0.1, -0.05) is 6.92 Å². The minimum Gasteiger partial charge on any atom is -0.366 e. The van der Waals surface area contributed by atoms with Crippen molar-refractivity contribution in [1.29, 1.82) is 0 Å². The molecule has 0 unspecified atom stereocenters. The monoisotopic (exact) mass is 395 g/mol. The number of rotatable bonds is 4. The third kappa shape index (κ3) is 3.83. The summed E-state index contributed by atoms with van der Waals surface area (Å²) in [5.41, 5.74) is 1.02. The number of amides is 2. The molecule has 1 aromatic heterocycles. The molecule has 0 aromatic carbocycles. The van der Waals surface area contributed by atoms with E-state index in [9.17, 15) is 4.79 Å². The largest absolute Gasteiger partial charge is 0.366 e. The second-order valence-electron chi connectivity index (χ2n) is 7.95. The van der Waals surface area contributed by atoms with Gasteiger partial charge in [-0.2, -0.15) is 0 Å². The van der Waals surface area contributed by atoms with E-state index in [0.717, 1.165) is 55.8 Å². The lowest BCUT2D eigenvalue weighted by Crippen LogP contribution is -2.50. The zero-order valence-corrected chi connectivity index (χ0v) is 17.2. The van der Waals surface area contributed by atoms with Crippen LogP contribution in [0.2, 0.25) is 0 Å². The molecule has 2 saturated heterocycles. The van der Waals surface area contributed by atoms with Gasteiger partial charge >= 0.3 is 6.03 Å². The number of anilines is 3. The quantitative estimate of drug-likeness (QED) is 0.795. The summed E-state index contributed by atoms with van der Waals surface area (Å²) in [7, 11) is 0. The number of carbonyl (C=O) groups is 1. The van der Waals surface area contributed by atoms with Gasteiger partial charge in [0.05, 0.1) is 17.9 Å². The van der Waals surface area contributed by atoms with Gasteiger partial charge in [0.2, 0.25) is 0 Å². The van der Waals surface area contributed by atoms with Crippen molar-refractivity contribution in [3.8, 4) is 0 Å². The molecular weight excluding hydrogens is 366 g/mol. The minimum absolute atomic E-state index is 0.107. The number of fused-ring (bicyclic) bond motifs is 4. The van der Waals surface area contributed by atoms with E-state index in [0.29, 0.717) is 5.82 Å². The van der Waals surface area contributed by atoms with Crippen molar-refractivity contribution in [2.45, 2.75) is 39.2 Å². The number of nitrogens with one attached hydrogen (secondary N) is 1. The number of aromatic nitrogens is 1. The molecule has 154 valence electrons. The Morgan fingerprint density at radius 3 is 2.72 bits per heavy atom. The number of carbonyl (C=O) groups excluding carboxylic acids is 1. The van der Waals surface area contributed by atoms with Gasteiger partial charge in [0.25, 0.3) is 0 Å². The van der Waals surface area contributed by atoms with Gasteiger partial charge in [0, 0.05) is 32.4 Å². The van der Waals surface area contributed by atoms with Crippen LogP contribution in [0.5, 0.6) is 0 Å². The predicted octanol–water partition coefficient (Wildman–Crippen LogP) is 3.02. The zero-order valence-electron chi connectivity index (χ0n) is 17.2.